The molecule has 1 unspecified atom stereocenters. The number of hydrogen-bond acceptors (Lipinski definition) is 5. The first kappa shape index (κ1) is 21.4. The van der Waals surface area contributed by atoms with Gasteiger partial charge < -0.3 is 9.32 Å². The standard InChI is InChI=1S/C26H17F3N2O4/c27-26(28,29)16-8-3-4-9-17(16)31-24(33)19-20(25(31)34)22(23(32)18-10-5-13-35-18)30-12-11-14-6-1-2-7-15(14)21(19)30/h1-13,19-22H/t19-,20+,21?,22-/m0/s1. The highest BCUT2D eigenvalue weighted by atomic mass is 19.4. The maximum Gasteiger partial charge on any atom is 0.418 e. The van der Waals surface area contributed by atoms with Crippen LogP contribution in [0.25, 0.3) is 6.08 Å². The van der Waals surface area contributed by atoms with Crippen molar-refractivity contribution in [1.29, 1.82) is 0 Å². The van der Waals surface area contributed by atoms with Gasteiger partial charge in [-0.1, -0.05) is 36.4 Å². The van der Waals surface area contributed by atoms with Gasteiger partial charge in [-0.15, -0.1) is 0 Å². The Morgan fingerprint density at radius 1 is 0.886 bits per heavy atom. The van der Waals surface area contributed by atoms with Crippen molar-refractivity contribution in [3.8, 4) is 0 Å². The van der Waals surface area contributed by atoms with Crippen LogP contribution in [0.5, 0.6) is 0 Å². The van der Waals surface area contributed by atoms with E-state index < -0.39 is 58.9 Å². The zero-order valence-corrected chi connectivity index (χ0v) is 18.0. The molecule has 4 heterocycles. The Hall–Kier alpha value is -4.14. The molecule has 176 valence electrons. The maximum absolute atomic E-state index is 13.8. The van der Waals surface area contributed by atoms with E-state index in [0.717, 1.165) is 23.3 Å². The smallest absolute Gasteiger partial charge is 0.418 e. The molecule has 1 aromatic heterocycles. The summed E-state index contributed by atoms with van der Waals surface area (Å²) in [5, 5.41) is 0. The first-order chi connectivity index (χ1) is 16.8. The molecule has 3 aliphatic rings. The molecule has 0 radical (unpaired) electrons. The van der Waals surface area contributed by atoms with Gasteiger partial charge in [0.25, 0.3) is 0 Å². The average molecular weight is 478 g/mol. The number of carbonyl (C=O) groups is 3. The molecule has 0 bridgehead atoms. The number of benzene rings is 2. The molecule has 2 amide bonds. The van der Waals surface area contributed by atoms with Crippen LogP contribution in [0.1, 0.15) is 33.3 Å². The summed E-state index contributed by atoms with van der Waals surface area (Å²) in [5.74, 6) is -4.31. The van der Waals surface area contributed by atoms with Crippen molar-refractivity contribution in [2.75, 3.05) is 4.90 Å². The first-order valence-corrected chi connectivity index (χ1v) is 11.0. The molecule has 3 aromatic rings. The maximum atomic E-state index is 13.8. The predicted octanol–water partition coefficient (Wildman–Crippen LogP) is 4.70. The lowest BCUT2D eigenvalue weighted by Crippen LogP contribution is -2.44. The van der Waals surface area contributed by atoms with Crippen molar-refractivity contribution in [3.05, 3.63) is 95.6 Å². The van der Waals surface area contributed by atoms with Gasteiger partial charge in [-0.25, -0.2) is 4.90 Å². The number of fused-ring (bicyclic) bond motifs is 5. The van der Waals surface area contributed by atoms with E-state index in [9.17, 15) is 27.6 Å². The van der Waals surface area contributed by atoms with Gasteiger partial charge in [-0.05, 0) is 41.5 Å². The average Bonchev–Trinajstić information content (AvgIpc) is 3.55. The van der Waals surface area contributed by atoms with E-state index in [0.29, 0.717) is 4.90 Å². The van der Waals surface area contributed by atoms with Gasteiger partial charge in [0.15, 0.2) is 5.76 Å². The molecule has 0 N–H and O–H groups in total. The molecule has 6 rings (SSSR count). The van der Waals surface area contributed by atoms with Crippen molar-refractivity contribution in [2.24, 2.45) is 11.8 Å². The molecular weight excluding hydrogens is 461 g/mol. The lowest BCUT2D eigenvalue weighted by atomic mass is 9.84. The normalized spacial score (nSPS) is 25.0. The predicted molar refractivity (Wildman–Crippen MR) is 118 cm³/mol. The second-order valence-corrected chi connectivity index (χ2v) is 8.70. The summed E-state index contributed by atoms with van der Waals surface area (Å²) in [5.41, 5.74) is -0.0731. The Morgan fingerprint density at radius 3 is 2.34 bits per heavy atom. The van der Waals surface area contributed by atoms with Crippen LogP contribution < -0.4 is 4.90 Å². The van der Waals surface area contributed by atoms with Gasteiger partial charge in [0.2, 0.25) is 17.6 Å². The van der Waals surface area contributed by atoms with E-state index in [1.807, 2.05) is 12.1 Å². The van der Waals surface area contributed by atoms with Crippen molar-refractivity contribution in [3.63, 3.8) is 0 Å². The van der Waals surface area contributed by atoms with E-state index in [1.165, 1.54) is 30.5 Å². The van der Waals surface area contributed by atoms with Gasteiger partial charge in [0.05, 0.1) is 35.4 Å². The molecule has 6 nitrogen and oxygen atoms in total. The fourth-order valence-electron chi connectivity index (χ4n) is 5.57. The zero-order chi connectivity index (χ0) is 24.5. The number of para-hydroxylation sites is 1. The molecular formula is C26H17F3N2O4. The molecule has 4 atom stereocenters. The molecule has 0 spiro atoms. The lowest BCUT2D eigenvalue weighted by molar-refractivity contribution is -0.137. The molecule has 3 aliphatic heterocycles. The van der Waals surface area contributed by atoms with Crippen LogP contribution in [0.4, 0.5) is 18.9 Å². The van der Waals surface area contributed by atoms with Gasteiger partial charge in [-0.2, -0.15) is 13.2 Å². The van der Waals surface area contributed by atoms with Crippen LogP contribution in [-0.4, -0.2) is 28.5 Å². The van der Waals surface area contributed by atoms with Crippen LogP contribution in [0, 0.1) is 11.8 Å². The number of amides is 2. The van der Waals surface area contributed by atoms with E-state index in [2.05, 4.69) is 0 Å². The summed E-state index contributed by atoms with van der Waals surface area (Å²) in [6.07, 6.45) is 0.0167. The van der Waals surface area contributed by atoms with Crippen molar-refractivity contribution < 1.29 is 32.0 Å². The Kier molecular flexibility index (Phi) is 4.54. The molecule has 2 aromatic carbocycles. The SMILES string of the molecule is O=C(c1ccco1)[C@@H]1[C@@H]2C(=O)N(c3ccccc3C(F)(F)F)C(=O)[C@@H]2C2c3ccccc3C=CN21. The summed E-state index contributed by atoms with van der Waals surface area (Å²) in [6, 6.07) is 12.9. The van der Waals surface area contributed by atoms with Crippen molar-refractivity contribution in [2.45, 2.75) is 18.3 Å². The number of anilines is 1. The highest BCUT2D eigenvalue weighted by Crippen LogP contribution is 2.54. The number of alkyl halides is 3. The van der Waals surface area contributed by atoms with E-state index in [4.69, 9.17) is 4.42 Å². The van der Waals surface area contributed by atoms with Gasteiger partial charge in [0, 0.05) is 6.20 Å². The van der Waals surface area contributed by atoms with Crippen molar-refractivity contribution in [1.82, 2.24) is 4.90 Å². The largest absolute Gasteiger partial charge is 0.461 e. The minimum absolute atomic E-state index is 0.0102. The summed E-state index contributed by atoms with van der Waals surface area (Å²) >= 11 is 0. The van der Waals surface area contributed by atoms with E-state index >= 15 is 0 Å². The third kappa shape index (κ3) is 3.00. The minimum Gasteiger partial charge on any atom is -0.461 e. The highest BCUT2D eigenvalue weighted by molar-refractivity contribution is 6.25. The van der Waals surface area contributed by atoms with Crippen LogP contribution in [0.2, 0.25) is 0 Å². The number of rotatable bonds is 3. The Balaban J connectivity index is 1.52. The fraction of sp³-hybridized carbons (Fsp3) is 0.192. The zero-order valence-electron chi connectivity index (χ0n) is 18.0. The molecule has 35 heavy (non-hydrogen) atoms. The number of imide groups is 1. The third-order valence-corrected chi connectivity index (χ3v) is 6.94. The molecule has 9 heteroatoms. The molecule has 0 saturated carbocycles. The number of furan rings is 1. The summed E-state index contributed by atoms with van der Waals surface area (Å²) < 4.78 is 46.6. The summed E-state index contributed by atoms with van der Waals surface area (Å²) in [4.78, 5) is 43.3. The Bertz CT molecular complexity index is 1400. The van der Waals surface area contributed by atoms with Crippen LogP contribution in [-0.2, 0) is 15.8 Å². The third-order valence-electron chi connectivity index (χ3n) is 6.94. The van der Waals surface area contributed by atoms with Crippen LogP contribution in [0.15, 0.2) is 77.5 Å². The van der Waals surface area contributed by atoms with Crippen LogP contribution in [0.3, 0.4) is 0 Å². The van der Waals surface area contributed by atoms with Gasteiger partial charge in [-0.3, -0.25) is 14.4 Å². The molecule has 2 fully saturated rings. The number of Topliss-reactive ketones (excluding diaryl/α,β-unsaturated/α-hetero) is 1. The van der Waals surface area contributed by atoms with E-state index in [-0.39, 0.29) is 5.76 Å². The molecule has 0 aliphatic carbocycles. The number of halogens is 3. The van der Waals surface area contributed by atoms with Crippen LogP contribution >= 0.6 is 0 Å². The number of hydrogen-bond donors (Lipinski definition) is 0. The minimum atomic E-state index is -4.77. The molecule has 2 saturated heterocycles. The lowest BCUT2D eigenvalue weighted by Gasteiger charge is -2.35. The second-order valence-electron chi connectivity index (χ2n) is 8.70. The fourth-order valence-corrected chi connectivity index (χ4v) is 5.57. The Morgan fingerprint density at radius 2 is 1.60 bits per heavy atom. The summed E-state index contributed by atoms with van der Waals surface area (Å²) in [6.45, 7) is 0. The highest BCUT2D eigenvalue weighted by Gasteiger charge is 2.65. The van der Waals surface area contributed by atoms with Gasteiger partial charge in [0.1, 0.15) is 6.04 Å². The van der Waals surface area contributed by atoms with E-state index in [1.54, 1.807) is 29.3 Å². The number of carbonyl (C=O) groups excluding carboxylic acids is 3. The summed E-state index contributed by atoms with van der Waals surface area (Å²) in [7, 11) is 0. The second kappa shape index (κ2) is 7.43. The monoisotopic (exact) mass is 478 g/mol. The van der Waals surface area contributed by atoms with Gasteiger partial charge >= 0.3 is 6.18 Å². The number of ketones is 1. The topological polar surface area (TPSA) is 70.8 Å². The first-order valence-electron chi connectivity index (χ1n) is 11.0. The van der Waals surface area contributed by atoms with Crippen molar-refractivity contribution >= 4 is 29.4 Å². The Labute approximate surface area is 197 Å². The number of nitrogens with zero attached hydrogens (tertiary/aromatic N) is 2. The quantitative estimate of drug-likeness (QED) is 0.403.